The molecule has 1 aliphatic rings. The van der Waals surface area contributed by atoms with Gasteiger partial charge in [0.1, 0.15) is 0 Å². The van der Waals surface area contributed by atoms with E-state index in [1.54, 1.807) is 0 Å². The smallest absolute Gasteiger partial charge is 0.0869 e. The number of allylic oxidation sites excluding steroid dienone is 1. The quantitative estimate of drug-likeness (QED) is 0.718. The molecule has 142 valence electrons. The molecule has 5 heteroatoms. The molecular formula is C23H25N5. The average molecular weight is 371 g/mol. The van der Waals surface area contributed by atoms with Gasteiger partial charge in [-0.25, -0.2) is 0 Å². The second-order valence-electron chi connectivity index (χ2n) is 7.17. The van der Waals surface area contributed by atoms with Crippen LogP contribution in [0.5, 0.6) is 0 Å². The SMILES string of the molecule is Cc1cccc(/C(N)=C(/C2=NCCC2)c2ccc3ncc(CCN)cc3c2)n1. The van der Waals surface area contributed by atoms with E-state index in [0.717, 1.165) is 70.5 Å². The molecule has 0 amide bonds. The Kier molecular flexibility index (Phi) is 5.17. The molecule has 4 N–H and O–H groups in total. The third-order valence-corrected chi connectivity index (χ3v) is 5.06. The summed E-state index contributed by atoms with van der Waals surface area (Å²) in [5, 5.41) is 1.09. The maximum atomic E-state index is 6.65. The van der Waals surface area contributed by atoms with Crippen LogP contribution in [0.15, 0.2) is 53.7 Å². The van der Waals surface area contributed by atoms with Crippen molar-refractivity contribution >= 4 is 27.9 Å². The Morgan fingerprint density at radius 1 is 1.14 bits per heavy atom. The van der Waals surface area contributed by atoms with Gasteiger partial charge in [-0.05, 0) is 74.2 Å². The van der Waals surface area contributed by atoms with Crippen LogP contribution in [0.4, 0.5) is 0 Å². The Bertz CT molecular complexity index is 1080. The van der Waals surface area contributed by atoms with E-state index >= 15 is 0 Å². The van der Waals surface area contributed by atoms with Crippen LogP contribution in [0.25, 0.3) is 22.2 Å². The molecule has 2 aromatic heterocycles. The molecule has 28 heavy (non-hydrogen) atoms. The van der Waals surface area contributed by atoms with Crippen molar-refractivity contribution in [2.45, 2.75) is 26.2 Å². The zero-order valence-corrected chi connectivity index (χ0v) is 16.2. The van der Waals surface area contributed by atoms with Gasteiger partial charge in [0.25, 0.3) is 0 Å². The lowest BCUT2D eigenvalue weighted by atomic mass is 9.94. The van der Waals surface area contributed by atoms with Gasteiger partial charge in [0, 0.05) is 35.1 Å². The Morgan fingerprint density at radius 3 is 2.79 bits per heavy atom. The molecule has 0 fully saturated rings. The lowest BCUT2D eigenvalue weighted by Gasteiger charge is -2.14. The van der Waals surface area contributed by atoms with Gasteiger partial charge in [0.05, 0.1) is 16.9 Å². The Labute approximate surface area is 165 Å². The number of aliphatic imine (C=N–C) groups is 1. The second kappa shape index (κ2) is 7.90. The summed E-state index contributed by atoms with van der Waals surface area (Å²) in [6, 6.07) is 14.4. The van der Waals surface area contributed by atoms with E-state index in [9.17, 15) is 0 Å². The van der Waals surface area contributed by atoms with E-state index in [4.69, 9.17) is 16.5 Å². The Balaban J connectivity index is 1.88. The first-order valence-corrected chi connectivity index (χ1v) is 9.72. The number of nitrogens with zero attached hydrogens (tertiary/aromatic N) is 3. The van der Waals surface area contributed by atoms with Crippen LogP contribution in [0.2, 0.25) is 0 Å². The topological polar surface area (TPSA) is 90.2 Å². The number of aryl methyl sites for hydroxylation is 1. The first kappa shape index (κ1) is 18.3. The van der Waals surface area contributed by atoms with Gasteiger partial charge in [0.15, 0.2) is 0 Å². The predicted molar refractivity (Wildman–Crippen MR) is 116 cm³/mol. The summed E-state index contributed by atoms with van der Waals surface area (Å²) in [6.07, 6.45) is 4.71. The molecule has 3 heterocycles. The maximum Gasteiger partial charge on any atom is 0.0869 e. The number of hydrogen-bond acceptors (Lipinski definition) is 5. The summed E-state index contributed by atoms with van der Waals surface area (Å²) in [5.74, 6) is 0. The van der Waals surface area contributed by atoms with Crippen molar-refractivity contribution in [1.82, 2.24) is 9.97 Å². The van der Waals surface area contributed by atoms with E-state index in [1.807, 2.05) is 37.4 Å². The van der Waals surface area contributed by atoms with Crippen molar-refractivity contribution in [2.24, 2.45) is 16.5 Å². The minimum absolute atomic E-state index is 0.612. The zero-order chi connectivity index (χ0) is 19.5. The monoisotopic (exact) mass is 371 g/mol. The minimum atomic E-state index is 0.612. The number of pyridine rings is 2. The molecule has 3 aromatic rings. The molecule has 1 aromatic carbocycles. The highest BCUT2D eigenvalue weighted by molar-refractivity contribution is 6.30. The van der Waals surface area contributed by atoms with Gasteiger partial charge in [-0.3, -0.25) is 15.0 Å². The molecule has 0 spiro atoms. The molecule has 0 unspecified atom stereocenters. The molecule has 0 radical (unpaired) electrons. The fourth-order valence-electron chi connectivity index (χ4n) is 3.68. The molecule has 1 aliphatic heterocycles. The summed E-state index contributed by atoms with van der Waals surface area (Å²) >= 11 is 0. The number of hydrogen-bond donors (Lipinski definition) is 2. The molecule has 0 saturated heterocycles. The van der Waals surface area contributed by atoms with Crippen molar-refractivity contribution in [3.05, 3.63) is 71.2 Å². The van der Waals surface area contributed by atoms with Crippen molar-refractivity contribution in [2.75, 3.05) is 13.1 Å². The van der Waals surface area contributed by atoms with E-state index in [0.29, 0.717) is 12.2 Å². The van der Waals surface area contributed by atoms with Crippen molar-refractivity contribution in [3.8, 4) is 0 Å². The largest absolute Gasteiger partial charge is 0.396 e. The number of aromatic nitrogens is 2. The average Bonchev–Trinajstić information content (AvgIpc) is 3.22. The summed E-state index contributed by atoms with van der Waals surface area (Å²) in [7, 11) is 0. The van der Waals surface area contributed by atoms with E-state index < -0.39 is 0 Å². The highest BCUT2D eigenvalue weighted by atomic mass is 14.8. The normalized spacial score (nSPS) is 14.9. The van der Waals surface area contributed by atoms with E-state index in [2.05, 4.69) is 28.2 Å². The standard InChI is InChI=1S/C23H25N5/c1-15-4-2-5-21(28-15)23(25)22(20-6-3-11-26-20)17-7-8-19-18(13-17)12-16(9-10-24)14-27-19/h2,4-5,7-8,12-14H,3,6,9-11,24-25H2,1H3/b23-22-. The molecule has 0 saturated carbocycles. The second-order valence-corrected chi connectivity index (χ2v) is 7.17. The lowest BCUT2D eigenvalue weighted by Crippen LogP contribution is -2.10. The van der Waals surface area contributed by atoms with Crippen molar-refractivity contribution in [1.29, 1.82) is 0 Å². The molecular weight excluding hydrogens is 346 g/mol. The Morgan fingerprint density at radius 2 is 2.04 bits per heavy atom. The number of rotatable bonds is 5. The van der Waals surface area contributed by atoms with Crippen LogP contribution in [-0.4, -0.2) is 28.8 Å². The summed E-state index contributed by atoms with van der Waals surface area (Å²) in [4.78, 5) is 13.9. The number of benzene rings is 1. The summed E-state index contributed by atoms with van der Waals surface area (Å²) < 4.78 is 0. The number of nitrogens with two attached hydrogens (primary N) is 2. The maximum absolute atomic E-state index is 6.65. The summed E-state index contributed by atoms with van der Waals surface area (Å²) in [6.45, 7) is 3.44. The van der Waals surface area contributed by atoms with Crippen molar-refractivity contribution < 1.29 is 0 Å². The van der Waals surface area contributed by atoms with E-state index in [1.165, 1.54) is 0 Å². The van der Waals surface area contributed by atoms with Gasteiger partial charge < -0.3 is 11.5 Å². The highest BCUT2D eigenvalue weighted by Crippen LogP contribution is 2.30. The van der Waals surface area contributed by atoms with Crippen LogP contribution in [-0.2, 0) is 6.42 Å². The predicted octanol–water partition coefficient (Wildman–Crippen LogP) is 3.50. The fourth-order valence-corrected chi connectivity index (χ4v) is 3.68. The molecule has 0 atom stereocenters. The third-order valence-electron chi connectivity index (χ3n) is 5.06. The number of fused-ring (bicyclic) bond motifs is 1. The first-order valence-electron chi connectivity index (χ1n) is 9.72. The summed E-state index contributed by atoms with van der Waals surface area (Å²) in [5.41, 5.74) is 20.0. The molecule has 0 bridgehead atoms. The lowest BCUT2D eigenvalue weighted by molar-refractivity contribution is 0.951. The van der Waals surface area contributed by atoms with Crippen LogP contribution >= 0.6 is 0 Å². The fraction of sp³-hybridized carbons (Fsp3) is 0.261. The van der Waals surface area contributed by atoms with Crippen LogP contribution in [0.1, 0.15) is 35.4 Å². The van der Waals surface area contributed by atoms with Gasteiger partial charge in [-0.1, -0.05) is 12.1 Å². The van der Waals surface area contributed by atoms with Gasteiger partial charge in [-0.15, -0.1) is 0 Å². The molecule has 5 nitrogen and oxygen atoms in total. The van der Waals surface area contributed by atoms with Gasteiger partial charge in [-0.2, -0.15) is 0 Å². The third kappa shape index (κ3) is 3.66. The van der Waals surface area contributed by atoms with E-state index in [-0.39, 0.29) is 0 Å². The van der Waals surface area contributed by atoms with Gasteiger partial charge in [0.2, 0.25) is 0 Å². The van der Waals surface area contributed by atoms with Gasteiger partial charge >= 0.3 is 0 Å². The zero-order valence-electron chi connectivity index (χ0n) is 16.2. The first-order chi connectivity index (χ1) is 13.7. The minimum Gasteiger partial charge on any atom is -0.396 e. The van der Waals surface area contributed by atoms with Crippen molar-refractivity contribution in [3.63, 3.8) is 0 Å². The van der Waals surface area contributed by atoms with Crippen LogP contribution < -0.4 is 11.5 Å². The highest BCUT2D eigenvalue weighted by Gasteiger charge is 2.19. The van der Waals surface area contributed by atoms with Crippen LogP contribution in [0.3, 0.4) is 0 Å². The Hall–Kier alpha value is -3.05. The van der Waals surface area contributed by atoms with Crippen LogP contribution in [0, 0.1) is 6.92 Å². The molecule has 4 rings (SSSR count). The molecule has 0 aliphatic carbocycles.